The van der Waals surface area contributed by atoms with Crippen LogP contribution in [-0.4, -0.2) is 23.0 Å². The van der Waals surface area contributed by atoms with E-state index in [4.69, 9.17) is 10.9 Å². The van der Waals surface area contributed by atoms with Gasteiger partial charge in [-0.2, -0.15) is 0 Å². The molecule has 1 fully saturated rings. The van der Waals surface area contributed by atoms with E-state index in [1.165, 1.54) is 0 Å². The normalized spacial score (nSPS) is 21.7. The van der Waals surface area contributed by atoms with E-state index in [2.05, 4.69) is 24.3 Å². The van der Waals surface area contributed by atoms with Crippen LogP contribution in [0.15, 0.2) is 5.16 Å². The molecular formula is C13H25N3O2. The quantitative estimate of drug-likeness (QED) is 0.311. The summed E-state index contributed by atoms with van der Waals surface area (Å²) in [5.41, 5.74) is 4.95. The zero-order valence-corrected chi connectivity index (χ0v) is 11.8. The molecule has 0 heterocycles. The van der Waals surface area contributed by atoms with Gasteiger partial charge in [0.1, 0.15) is 5.41 Å². The molecule has 0 atom stereocenters. The Bertz CT molecular complexity index is 338. The zero-order chi connectivity index (χ0) is 14.0. The number of hydrogen-bond donors (Lipinski definition) is 3. The van der Waals surface area contributed by atoms with Crippen molar-refractivity contribution >= 4 is 11.7 Å². The summed E-state index contributed by atoms with van der Waals surface area (Å²) in [7, 11) is 0. The number of nitrogens with zero attached hydrogens (tertiary/aromatic N) is 1. The lowest BCUT2D eigenvalue weighted by Crippen LogP contribution is -2.50. The number of carbonyl (C=O) groups excluding carboxylic acids is 1. The van der Waals surface area contributed by atoms with Gasteiger partial charge in [-0.3, -0.25) is 4.79 Å². The lowest BCUT2D eigenvalue weighted by Gasteiger charge is -2.36. The molecule has 1 aliphatic rings. The van der Waals surface area contributed by atoms with Crippen LogP contribution in [-0.2, 0) is 4.79 Å². The predicted molar refractivity (Wildman–Crippen MR) is 71.4 cm³/mol. The molecule has 1 aliphatic carbocycles. The topological polar surface area (TPSA) is 87.7 Å². The third-order valence-electron chi connectivity index (χ3n) is 3.99. The van der Waals surface area contributed by atoms with Gasteiger partial charge in [0, 0.05) is 6.04 Å². The molecule has 18 heavy (non-hydrogen) atoms. The lowest BCUT2D eigenvalue weighted by atomic mass is 9.75. The minimum atomic E-state index is -0.971. The van der Waals surface area contributed by atoms with Crippen LogP contribution in [0.1, 0.15) is 53.4 Å². The number of amidine groups is 1. The maximum absolute atomic E-state index is 12.1. The van der Waals surface area contributed by atoms with Crippen LogP contribution < -0.4 is 11.1 Å². The van der Waals surface area contributed by atoms with Crippen LogP contribution >= 0.6 is 0 Å². The molecule has 5 nitrogen and oxygen atoms in total. The van der Waals surface area contributed by atoms with Gasteiger partial charge in [0.25, 0.3) is 0 Å². The van der Waals surface area contributed by atoms with Crippen molar-refractivity contribution in [1.29, 1.82) is 0 Å². The summed E-state index contributed by atoms with van der Waals surface area (Å²) >= 11 is 0. The molecule has 0 aromatic rings. The van der Waals surface area contributed by atoms with Crippen LogP contribution in [0.4, 0.5) is 0 Å². The Hall–Kier alpha value is -1.26. The third-order valence-corrected chi connectivity index (χ3v) is 3.99. The molecule has 104 valence electrons. The monoisotopic (exact) mass is 255 g/mol. The van der Waals surface area contributed by atoms with Gasteiger partial charge in [-0.25, -0.2) is 0 Å². The predicted octanol–water partition coefficient (Wildman–Crippen LogP) is 1.84. The fraction of sp³-hybridized carbons (Fsp3) is 0.846. The van der Waals surface area contributed by atoms with Crippen LogP contribution in [0.2, 0.25) is 0 Å². The number of oxime groups is 1. The minimum Gasteiger partial charge on any atom is -0.409 e. The SMILES string of the molecule is CC1(C)CCC(NC(=O)C(C)(C)C(N)=NO)CC1. The van der Waals surface area contributed by atoms with Crippen LogP contribution in [0.25, 0.3) is 0 Å². The Morgan fingerprint density at radius 1 is 1.39 bits per heavy atom. The van der Waals surface area contributed by atoms with Gasteiger partial charge < -0.3 is 16.3 Å². The second kappa shape index (κ2) is 5.16. The van der Waals surface area contributed by atoms with Crippen molar-refractivity contribution in [3.8, 4) is 0 Å². The second-order valence-electron chi connectivity index (χ2n) is 6.52. The van der Waals surface area contributed by atoms with Gasteiger partial charge in [0.05, 0.1) is 0 Å². The van der Waals surface area contributed by atoms with Crippen molar-refractivity contribution in [3.63, 3.8) is 0 Å². The molecule has 5 heteroatoms. The smallest absolute Gasteiger partial charge is 0.233 e. The number of amides is 1. The summed E-state index contributed by atoms with van der Waals surface area (Å²) in [5, 5.41) is 14.6. The summed E-state index contributed by atoms with van der Waals surface area (Å²) < 4.78 is 0. The number of nitrogens with one attached hydrogen (secondary N) is 1. The Balaban J connectivity index is 2.57. The summed E-state index contributed by atoms with van der Waals surface area (Å²) in [6.07, 6.45) is 4.21. The van der Waals surface area contributed by atoms with Gasteiger partial charge in [0.2, 0.25) is 5.91 Å². The zero-order valence-electron chi connectivity index (χ0n) is 11.8. The Morgan fingerprint density at radius 3 is 2.33 bits per heavy atom. The molecule has 4 N–H and O–H groups in total. The molecular weight excluding hydrogens is 230 g/mol. The second-order valence-corrected chi connectivity index (χ2v) is 6.52. The van der Waals surface area contributed by atoms with Gasteiger partial charge in [-0.1, -0.05) is 19.0 Å². The summed E-state index contributed by atoms with van der Waals surface area (Å²) in [6, 6.07) is 0.205. The van der Waals surface area contributed by atoms with Crippen molar-refractivity contribution in [2.24, 2.45) is 21.7 Å². The van der Waals surface area contributed by atoms with Crippen molar-refractivity contribution in [1.82, 2.24) is 5.32 Å². The van der Waals surface area contributed by atoms with E-state index in [1.807, 2.05) is 0 Å². The largest absolute Gasteiger partial charge is 0.409 e. The van der Waals surface area contributed by atoms with Crippen LogP contribution in [0.3, 0.4) is 0 Å². The lowest BCUT2D eigenvalue weighted by molar-refractivity contribution is -0.127. The molecule has 0 aliphatic heterocycles. The number of rotatable bonds is 3. The van der Waals surface area contributed by atoms with Gasteiger partial charge in [0.15, 0.2) is 5.84 Å². The molecule has 0 saturated heterocycles. The highest BCUT2D eigenvalue weighted by molar-refractivity contribution is 6.05. The van der Waals surface area contributed by atoms with Crippen LogP contribution in [0, 0.1) is 10.8 Å². The maximum Gasteiger partial charge on any atom is 0.233 e. The van der Waals surface area contributed by atoms with Gasteiger partial charge in [-0.05, 0) is 44.9 Å². The van der Waals surface area contributed by atoms with E-state index in [1.54, 1.807) is 13.8 Å². The first kappa shape index (κ1) is 14.8. The molecule has 0 aromatic heterocycles. The van der Waals surface area contributed by atoms with E-state index in [-0.39, 0.29) is 17.8 Å². The molecule has 1 saturated carbocycles. The van der Waals surface area contributed by atoms with Crippen molar-refractivity contribution in [2.45, 2.75) is 59.4 Å². The van der Waals surface area contributed by atoms with E-state index in [9.17, 15) is 4.79 Å². The minimum absolute atomic E-state index is 0.0591. The van der Waals surface area contributed by atoms with E-state index >= 15 is 0 Å². The Morgan fingerprint density at radius 2 is 1.89 bits per heavy atom. The highest BCUT2D eigenvalue weighted by Gasteiger charge is 2.35. The molecule has 1 rings (SSSR count). The highest BCUT2D eigenvalue weighted by Crippen LogP contribution is 2.35. The van der Waals surface area contributed by atoms with Crippen molar-refractivity contribution in [3.05, 3.63) is 0 Å². The fourth-order valence-corrected chi connectivity index (χ4v) is 2.15. The average molecular weight is 255 g/mol. The van der Waals surface area contributed by atoms with E-state index in [0.717, 1.165) is 25.7 Å². The number of nitrogens with two attached hydrogens (primary N) is 1. The Labute approximate surface area is 109 Å². The van der Waals surface area contributed by atoms with Crippen molar-refractivity contribution < 1.29 is 10.0 Å². The molecule has 0 unspecified atom stereocenters. The molecule has 0 radical (unpaired) electrons. The first-order valence-corrected chi connectivity index (χ1v) is 6.48. The van der Waals surface area contributed by atoms with Crippen molar-refractivity contribution in [2.75, 3.05) is 0 Å². The Kier molecular flexibility index (Phi) is 4.24. The molecule has 0 bridgehead atoms. The molecule has 1 amide bonds. The van der Waals surface area contributed by atoms with Gasteiger partial charge in [-0.15, -0.1) is 0 Å². The fourth-order valence-electron chi connectivity index (χ4n) is 2.15. The standard InChI is InChI=1S/C13H25N3O2/c1-12(2)7-5-9(6-8-12)15-11(17)13(3,4)10(14)16-18/h9,18H,5-8H2,1-4H3,(H2,14,16)(H,15,17). The summed E-state index contributed by atoms with van der Waals surface area (Å²) in [5.74, 6) is -0.237. The number of carbonyl (C=O) groups is 1. The average Bonchev–Trinajstić information content (AvgIpc) is 2.30. The maximum atomic E-state index is 12.1. The molecule has 0 spiro atoms. The first-order chi connectivity index (χ1) is 8.19. The third kappa shape index (κ3) is 3.37. The summed E-state index contributed by atoms with van der Waals surface area (Å²) in [4.78, 5) is 12.1. The van der Waals surface area contributed by atoms with E-state index < -0.39 is 5.41 Å². The molecule has 0 aromatic carbocycles. The number of hydrogen-bond acceptors (Lipinski definition) is 3. The van der Waals surface area contributed by atoms with E-state index in [0.29, 0.717) is 5.41 Å². The summed E-state index contributed by atoms with van der Waals surface area (Å²) in [6.45, 7) is 7.82. The first-order valence-electron chi connectivity index (χ1n) is 6.48. The highest BCUT2D eigenvalue weighted by atomic mass is 16.4. The van der Waals surface area contributed by atoms with Gasteiger partial charge >= 0.3 is 0 Å². The van der Waals surface area contributed by atoms with Crippen LogP contribution in [0.5, 0.6) is 0 Å².